The van der Waals surface area contributed by atoms with Crippen molar-refractivity contribution in [2.75, 3.05) is 5.32 Å². The molecule has 7 heteroatoms. The van der Waals surface area contributed by atoms with Gasteiger partial charge >= 0.3 is 0 Å². The van der Waals surface area contributed by atoms with E-state index < -0.39 is 5.25 Å². The zero-order valence-electron chi connectivity index (χ0n) is 9.22. The Morgan fingerprint density at radius 3 is 3.00 bits per heavy atom. The van der Waals surface area contributed by atoms with Gasteiger partial charge in [0.2, 0.25) is 11.8 Å². The van der Waals surface area contributed by atoms with E-state index in [-0.39, 0.29) is 23.4 Å². The molecule has 94 valence electrons. The summed E-state index contributed by atoms with van der Waals surface area (Å²) in [6.45, 7) is 0. The van der Waals surface area contributed by atoms with Crippen LogP contribution in [0.1, 0.15) is 6.42 Å². The Kier molecular flexibility index (Phi) is 3.88. The van der Waals surface area contributed by atoms with Crippen LogP contribution in [-0.4, -0.2) is 22.2 Å². The van der Waals surface area contributed by atoms with Gasteiger partial charge in [-0.1, -0.05) is 29.4 Å². The van der Waals surface area contributed by atoms with Gasteiger partial charge in [-0.2, -0.15) is 4.99 Å². The van der Waals surface area contributed by atoms with Gasteiger partial charge in [0.25, 0.3) is 0 Å². The molecule has 1 aromatic rings. The third-order valence-corrected chi connectivity index (χ3v) is 3.48. The van der Waals surface area contributed by atoms with Gasteiger partial charge in [-0.05, 0) is 18.2 Å². The zero-order valence-corrected chi connectivity index (χ0v) is 10.8. The second-order valence-corrected chi connectivity index (χ2v) is 5.31. The highest BCUT2D eigenvalue weighted by Gasteiger charge is 2.27. The number of aliphatic imine (C=N–C) groups is 1. The van der Waals surface area contributed by atoms with E-state index >= 15 is 0 Å². The number of rotatable bonds is 2. The SMILES string of the molecule is NC1=NC(=O)C[C@H](C(=O)Nc2cccc(Cl)c2)S1. The van der Waals surface area contributed by atoms with E-state index in [1.165, 1.54) is 0 Å². The lowest BCUT2D eigenvalue weighted by molar-refractivity contribution is -0.121. The molecule has 0 aliphatic carbocycles. The number of amidine groups is 1. The Balaban J connectivity index is 2.05. The Bertz CT molecular complexity index is 533. The second-order valence-electron chi connectivity index (χ2n) is 3.65. The lowest BCUT2D eigenvalue weighted by atomic mass is 10.2. The molecule has 1 atom stereocenters. The molecule has 2 rings (SSSR count). The van der Waals surface area contributed by atoms with Crippen LogP contribution >= 0.6 is 23.4 Å². The van der Waals surface area contributed by atoms with Crippen LogP contribution in [0, 0.1) is 0 Å². The van der Waals surface area contributed by atoms with Crippen molar-refractivity contribution >= 4 is 46.0 Å². The minimum Gasteiger partial charge on any atom is -0.378 e. The molecule has 3 N–H and O–H groups in total. The van der Waals surface area contributed by atoms with Crippen molar-refractivity contribution in [3.8, 4) is 0 Å². The molecule has 0 aromatic heterocycles. The summed E-state index contributed by atoms with van der Waals surface area (Å²) in [5.41, 5.74) is 6.05. The third kappa shape index (κ3) is 3.24. The number of hydrogen-bond acceptors (Lipinski definition) is 4. The Morgan fingerprint density at radius 1 is 1.56 bits per heavy atom. The van der Waals surface area contributed by atoms with Crippen molar-refractivity contribution in [3.63, 3.8) is 0 Å². The highest BCUT2D eigenvalue weighted by Crippen LogP contribution is 2.23. The van der Waals surface area contributed by atoms with Crippen LogP contribution in [0.4, 0.5) is 5.69 Å². The van der Waals surface area contributed by atoms with Crippen LogP contribution in [0.2, 0.25) is 5.02 Å². The van der Waals surface area contributed by atoms with Crippen LogP contribution in [0.3, 0.4) is 0 Å². The first-order chi connectivity index (χ1) is 8.54. The number of nitrogens with zero attached hydrogens (tertiary/aromatic N) is 1. The number of nitrogens with two attached hydrogens (primary N) is 1. The molecule has 18 heavy (non-hydrogen) atoms. The highest BCUT2D eigenvalue weighted by atomic mass is 35.5. The molecule has 5 nitrogen and oxygen atoms in total. The fraction of sp³-hybridized carbons (Fsp3) is 0.182. The normalized spacial score (nSPS) is 19.3. The van der Waals surface area contributed by atoms with E-state index in [9.17, 15) is 9.59 Å². The maximum Gasteiger partial charge on any atom is 0.249 e. The summed E-state index contributed by atoms with van der Waals surface area (Å²) in [7, 11) is 0. The minimum absolute atomic E-state index is 0.0533. The zero-order chi connectivity index (χ0) is 13.1. The topological polar surface area (TPSA) is 84.5 Å². The summed E-state index contributed by atoms with van der Waals surface area (Å²) in [6.07, 6.45) is 0.0533. The highest BCUT2D eigenvalue weighted by molar-refractivity contribution is 8.15. The van der Waals surface area contributed by atoms with Crippen molar-refractivity contribution in [2.45, 2.75) is 11.7 Å². The molecule has 1 aliphatic rings. The average Bonchev–Trinajstić information content (AvgIpc) is 2.27. The Labute approximate surface area is 113 Å². The van der Waals surface area contributed by atoms with Crippen LogP contribution in [0.5, 0.6) is 0 Å². The molecule has 0 bridgehead atoms. The van der Waals surface area contributed by atoms with Gasteiger partial charge in [-0.25, -0.2) is 0 Å². The van der Waals surface area contributed by atoms with Gasteiger partial charge in [-0.15, -0.1) is 0 Å². The Morgan fingerprint density at radius 2 is 2.33 bits per heavy atom. The van der Waals surface area contributed by atoms with Gasteiger partial charge in [0.15, 0.2) is 5.17 Å². The van der Waals surface area contributed by atoms with Gasteiger partial charge < -0.3 is 11.1 Å². The number of thioether (sulfide) groups is 1. The summed E-state index contributed by atoms with van der Waals surface area (Å²) in [5.74, 6) is -0.661. The monoisotopic (exact) mass is 283 g/mol. The molecular formula is C11H10ClN3O2S. The molecule has 0 fully saturated rings. The molecule has 0 spiro atoms. The molecule has 2 amide bonds. The largest absolute Gasteiger partial charge is 0.378 e. The first-order valence-electron chi connectivity index (χ1n) is 5.14. The number of halogens is 1. The fourth-order valence-electron chi connectivity index (χ4n) is 1.48. The summed E-state index contributed by atoms with van der Waals surface area (Å²) < 4.78 is 0. The molecule has 0 radical (unpaired) electrons. The van der Waals surface area contributed by atoms with Gasteiger partial charge in [0, 0.05) is 10.7 Å². The minimum atomic E-state index is -0.547. The van der Waals surface area contributed by atoms with E-state index in [0.29, 0.717) is 10.7 Å². The van der Waals surface area contributed by atoms with Crippen LogP contribution < -0.4 is 11.1 Å². The smallest absolute Gasteiger partial charge is 0.249 e. The number of carbonyl (C=O) groups is 2. The van der Waals surface area contributed by atoms with Crippen molar-refractivity contribution in [1.29, 1.82) is 0 Å². The fourth-order valence-corrected chi connectivity index (χ4v) is 2.50. The standard InChI is InChI=1S/C11H10ClN3O2S/c12-6-2-1-3-7(4-6)14-10(17)8-5-9(16)15-11(13)18-8/h1-4,8H,5H2,(H,14,17)(H2,13,15,16)/t8-/m1/s1. The molecule has 0 unspecified atom stereocenters. The van der Waals surface area contributed by atoms with E-state index in [1.54, 1.807) is 24.3 Å². The first-order valence-corrected chi connectivity index (χ1v) is 6.40. The average molecular weight is 284 g/mol. The lowest BCUT2D eigenvalue weighted by Crippen LogP contribution is -2.33. The third-order valence-electron chi connectivity index (χ3n) is 2.24. The second kappa shape index (κ2) is 5.41. The number of amides is 2. The number of carbonyl (C=O) groups excluding carboxylic acids is 2. The Hall–Kier alpha value is -1.53. The van der Waals surface area contributed by atoms with Crippen molar-refractivity contribution in [3.05, 3.63) is 29.3 Å². The van der Waals surface area contributed by atoms with E-state index in [0.717, 1.165) is 11.8 Å². The van der Waals surface area contributed by atoms with E-state index in [4.69, 9.17) is 17.3 Å². The number of benzene rings is 1. The van der Waals surface area contributed by atoms with Crippen molar-refractivity contribution in [2.24, 2.45) is 10.7 Å². The van der Waals surface area contributed by atoms with Gasteiger partial charge in [-0.3, -0.25) is 9.59 Å². The van der Waals surface area contributed by atoms with E-state index in [1.807, 2.05) is 0 Å². The lowest BCUT2D eigenvalue weighted by Gasteiger charge is -2.17. The summed E-state index contributed by atoms with van der Waals surface area (Å²) in [4.78, 5) is 26.7. The first kappa shape index (κ1) is 12.9. The molecule has 1 aromatic carbocycles. The summed E-state index contributed by atoms with van der Waals surface area (Å²) >= 11 is 6.89. The number of hydrogen-bond donors (Lipinski definition) is 2. The molecule has 0 saturated heterocycles. The summed E-state index contributed by atoms with van der Waals surface area (Å²) in [6, 6.07) is 6.79. The van der Waals surface area contributed by atoms with E-state index in [2.05, 4.69) is 10.3 Å². The molecule has 1 heterocycles. The molecule has 1 aliphatic heterocycles. The summed E-state index contributed by atoms with van der Waals surface area (Å²) in [5, 5.41) is 2.79. The molecular weight excluding hydrogens is 274 g/mol. The number of nitrogens with one attached hydrogen (secondary N) is 1. The maximum absolute atomic E-state index is 11.9. The van der Waals surface area contributed by atoms with Crippen LogP contribution in [0.25, 0.3) is 0 Å². The van der Waals surface area contributed by atoms with Crippen LogP contribution in [-0.2, 0) is 9.59 Å². The predicted octanol–water partition coefficient (Wildman–Crippen LogP) is 1.63. The van der Waals surface area contributed by atoms with Crippen LogP contribution in [0.15, 0.2) is 29.3 Å². The predicted molar refractivity (Wildman–Crippen MR) is 72.7 cm³/mol. The van der Waals surface area contributed by atoms with Crippen molar-refractivity contribution in [1.82, 2.24) is 0 Å². The van der Waals surface area contributed by atoms with Crippen molar-refractivity contribution < 1.29 is 9.59 Å². The number of anilines is 1. The molecule has 0 saturated carbocycles. The maximum atomic E-state index is 11.9. The quantitative estimate of drug-likeness (QED) is 0.864. The van der Waals surface area contributed by atoms with Gasteiger partial charge in [0.1, 0.15) is 5.25 Å². The van der Waals surface area contributed by atoms with Gasteiger partial charge in [0.05, 0.1) is 6.42 Å².